The van der Waals surface area contributed by atoms with Crippen LogP contribution in [-0.2, 0) is 9.53 Å². The summed E-state index contributed by atoms with van der Waals surface area (Å²) in [7, 11) is 0. The molecule has 0 saturated carbocycles. The first-order valence-corrected chi connectivity index (χ1v) is 11.9. The van der Waals surface area contributed by atoms with Crippen LogP contribution in [0.4, 0.5) is 0 Å². The number of ether oxygens (including phenoxy) is 1. The van der Waals surface area contributed by atoms with Crippen LogP contribution in [0.3, 0.4) is 0 Å². The maximum absolute atomic E-state index is 11.9. The Hall–Kier alpha value is -1.31. The van der Waals surface area contributed by atoms with Crippen LogP contribution in [-0.4, -0.2) is 12.1 Å². The van der Waals surface area contributed by atoms with Crippen molar-refractivity contribution in [2.24, 2.45) is 0 Å². The minimum atomic E-state index is 0.00168. The maximum atomic E-state index is 11.9. The first-order chi connectivity index (χ1) is 13.7. The van der Waals surface area contributed by atoms with Gasteiger partial charge in [-0.05, 0) is 44.9 Å². The summed E-state index contributed by atoms with van der Waals surface area (Å²) in [6, 6.07) is 0. The number of rotatable bonds is 19. The molecule has 0 amide bonds. The second-order valence-electron chi connectivity index (χ2n) is 7.71. The molecular weight excluding hydrogens is 344 g/mol. The van der Waals surface area contributed by atoms with Gasteiger partial charge < -0.3 is 4.74 Å². The quantitative estimate of drug-likeness (QED) is 0.125. The van der Waals surface area contributed by atoms with Gasteiger partial charge >= 0.3 is 5.97 Å². The summed E-state index contributed by atoms with van der Waals surface area (Å²) in [4.78, 5) is 11.9. The van der Waals surface area contributed by atoms with Crippen LogP contribution >= 0.6 is 0 Å². The van der Waals surface area contributed by atoms with Crippen molar-refractivity contribution < 1.29 is 9.53 Å². The zero-order valence-corrected chi connectivity index (χ0v) is 19.0. The van der Waals surface area contributed by atoms with Crippen LogP contribution in [0, 0.1) is 0 Å². The molecule has 0 aromatic heterocycles. The molecule has 2 nitrogen and oxygen atoms in total. The summed E-state index contributed by atoms with van der Waals surface area (Å²) in [6.07, 6.45) is 29.9. The topological polar surface area (TPSA) is 26.3 Å². The van der Waals surface area contributed by atoms with E-state index in [1.165, 1.54) is 57.8 Å². The summed E-state index contributed by atoms with van der Waals surface area (Å²) >= 11 is 0. The highest BCUT2D eigenvalue weighted by atomic mass is 16.5. The lowest BCUT2D eigenvalue weighted by atomic mass is 10.1. The molecule has 0 aliphatic carbocycles. The summed E-state index contributed by atoms with van der Waals surface area (Å²) < 4.78 is 5.61. The molecule has 0 fully saturated rings. The zero-order chi connectivity index (χ0) is 20.7. The molecule has 2 heteroatoms. The Morgan fingerprint density at radius 3 is 1.96 bits per heavy atom. The van der Waals surface area contributed by atoms with E-state index in [0.717, 1.165) is 32.1 Å². The normalized spacial score (nSPS) is 13.1. The van der Waals surface area contributed by atoms with Crippen molar-refractivity contribution in [2.45, 2.75) is 123 Å². The molecule has 0 aromatic rings. The van der Waals surface area contributed by atoms with Crippen LogP contribution in [0.5, 0.6) is 0 Å². The molecule has 28 heavy (non-hydrogen) atoms. The third kappa shape index (κ3) is 19.5. The lowest BCUT2D eigenvalue weighted by Crippen LogP contribution is -2.17. The van der Waals surface area contributed by atoms with Crippen LogP contribution in [0.25, 0.3) is 0 Å². The average Bonchev–Trinajstić information content (AvgIpc) is 2.70. The van der Waals surface area contributed by atoms with Crippen molar-refractivity contribution in [1.29, 1.82) is 0 Å². The Balaban J connectivity index is 3.53. The first kappa shape index (κ1) is 26.7. The number of hydrogen-bond acceptors (Lipinski definition) is 2. The molecule has 1 unspecified atom stereocenters. The molecule has 0 spiro atoms. The van der Waals surface area contributed by atoms with Crippen LogP contribution in [0.1, 0.15) is 117 Å². The number of unbranched alkanes of at least 4 members (excludes halogenated alkanes) is 9. The van der Waals surface area contributed by atoms with E-state index in [0.29, 0.717) is 6.42 Å². The van der Waals surface area contributed by atoms with Crippen molar-refractivity contribution in [3.05, 3.63) is 36.5 Å². The highest BCUT2D eigenvalue weighted by molar-refractivity contribution is 5.69. The van der Waals surface area contributed by atoms with E-state index in [-0.39, 0.29) is 12.1 Å². The van der Waals surface area contributed by atoms with E-state index in [9.17, 15) is 4.79 Å². The smallest absolute Gasteiger partial charge is 0.306 e. The standard InChI is InChI=1S/C26H46O2/c1-4-7-9-10-11-12-13-14-15-16-17-18-19-20-22-24-26(27)28-25(6-3)23-21-8-5-2/h10-15,25H,4-9,16-24H2,1-3H3. The summed E-state index contributed by atoms with van der Waals surface area (Å²) in [5.41, 5.74) is 0. The number of esters is 1. The minimum absolute atomic E-state index is 0.00168. The van der Waals surface area contributed by atoms with Gasteiger partial charge in [0.15, 0.2) is 0 Å². The molecule has 0 N–H and O–H groups in total. The van der Waals surface area contributed by atoms with Crippen molar-refractivity contribution >= 4 is 5.97 Å². The fraction of sp³-hybridized carbons (Fsp3) is 0.731. The van der Waals surface area contributed by atoms with Gasteiger partial charge in [0.1, 0.15) is 6.10 Å². The summed E-state index contributed by atoms with van der Waals surface area (Å²) in [5.74, 6) is 0.00168. The van der Waals surface area contributed by atoms with Gasteiger partial charge in [-0.15, -0.1) is 0 Å². The van der Waals surface area contributed by atoms with Gasteiger partial charge in [-0.1, -0.05) is 102 Å². The predicted octanol–water partition coefficient (Wildman–Crippen LogP) is 8.48. The zero-order valence-electron chi connectivity index (χ0n) is 19.0. The lowest BCUT2D eigenvalue weighted by Gasteiger charge is -2.16. The number of carbonyl (C=O) groups is 1. The molecule has 0 saturated heterocycles. The Morgan fingerprint density at radius 2 is 1.32 bits per heavy atom. The van der Waals surface area contributed by atoms with E-state index in [1.54, 1.807) is 0 Å². The van der Waals surface area contributed by atoms with Crippen molar-refractivity contribution in [2.75, 3.05) is 0 Å². The Labute approximate surface area is 175 Å². The van der Waals surface area contributed by atoms with Crippen molar-refractivity contribution in [1.82, 2.24) is 0 Å². The fourth-order valence-corrected chi connectivity index (χ4v) is 3.07. The lowest BCUT2D eigenvalue weighted by molar-refractivity contribution is -0.149. The second-order valence-corrected chi connectivity index (χ2v) is 7.71. The molecular formula is C26H46O2. The average molecular weight is 391 g/mol. The van der Waals surface area contributed by atoms with Gasteiger partial charge in [0, 0.05) is 6.42 Å². The second kappa shape index (κ2) is 22.0. The predicted molar refractivity (Wildman–Crippen MR) is 124 cm³/mol. The maximum Gasteiger partial charge on any atom is 0.306 e. The molecule has 0 aliphatic heterocycles. The third-order valence-electron chi connectivity index (χ3n) is 4.96. The van der Waals surface area contributed by atoms with Gasteiger partial charge in [-0.2, -0.15) is 0 Å². The van der Waals surface area contributed by atoms with Gasteiger partial charge in [-0.3, -0.25) is 4.79 Å². The molecule has 0 bridgehead atoms. The first-order valence-electron chi connectivity index (χ1n) is 11.9. The van der Waals surface area contributed by atoms with E-state index in [2.05, 4.69) is 57.2 Å². The van der Waals surface area contributed by atoms with E-state index in [4.69, 9.17) is 4.74 Å². The number of allylic oxidation sites excluding steroid dienone is 6. The van der Waals surface area contributed by atoms with Crippen LogP contribution < -0.4 is 0 Å². The minimum Gasteiger partial charge on any atom is -0.462 e. The molecule has 1 atom stereocenters. The number of carbonyl (C=O) groups excluding carboxylic acids is 1. The summed E-state index contributed by atoms with van der Waals surface area (Å²) in [6.45, 7) is 6.53. The van der Waals surface area contributed by atoms with Gasteiger partial charge in [0.05, 0.1) is 0 Å². The SMILES string of the molecule is CCCCC=CC=CC=CCCCCCCCC(=O)OC(CC)CCCCC. The van der Waals surface area contributed by atoms with Crippen LogP contribution in [0.2, 0.25) is 0 Å². The molecule has 0 heterocycles. The van der Waals surface area contributed by atoms with Crippen molar-refractivity contribution in [3.63, 3.8) is 0 Å². The molecule has 0 rings (SSSR count). The molecule has 162 valence electrons. The van der Waals surface area contributed by atoms with Crippen LogP contribution in [0.15, 0.2) is 36.5 Å². The van der Waals surface area contributed by atoms with Gasteiger partial charge in [0.25, 0.3) is 0 Å². The van der Waals surface area contributed by atoms with E-state index in [1.807, 2.05) is 0 Å². The fourth-order valence-electron chi connectivity index (χ4n) is 3.07. The van der Waals surface area contributed by atoms with E-state index < -0.39 is 0 Å². The molecule has 0 radical (unpaired) electrons. The van der Waals surface area contributed by atoms with Crippen molar-refractivity contribution in [3.8, 4) is 0 Å². The van der Waals surface area contributed by atoms with Gasteiger partial charge in [0.2, 0.25) is 0 Å². The monoisotopic (exact) mass is 390 g/mol. The Kier molecular flexibility index (Phi) is 21.0. The number of hydrogen-bond donors (Lipinski definition) is 0. The van der Waals surface area contributed by atoms with Gasteiger partial charge in [-0.25, -0.2) is 0 Å². The largest absolute Gasteiger partial charge is 0.462 e. The third-order valence-corrected chi connectivity index (χ3v) is 4.96. The summed E-state index contributed by atoms with van der Waals surface area (Å²) in [5, 5.41) is 0. The highest BCUT2D eigenvalue weighted by Crippen LogP contribution is 2.13. The van der Waals surface area contributed by atoms with E-state index >= 15 is 0 Å². The Morgan fingerprint density at radius 1 is 0.714 bits per heavy atom. The molecule has 0 aliphatic rings. The molecule has 0 aromatic carbocycles. The Bertz CT molecular complexity index is 420. The highest BCUT2D eigenvalue weighted by Gasteiger charge is 2.11.